The van der Waals surface area contributed by atoms with Crippen LogP contribution >= 0.6 is 11.8 Å². The van der Waals surface area contributed by atoms with Crippen LogP contribution in [0.1, 0.15) is 5.56 Å². The molecule has 0 saturated carbocycles. The third-order valence-corrected chi connectivity index (χ3v) is 5.64. The molecule has 1 saturated heterocycles. The van der Waals surface area contributed by atoms with E-state index in [2.05, 4.69) is 0 Å². The van der Waals surface area contributed by atoms with Crippen molar-refractivity contribution >= 4 is 27.5 Å². The lowest BCUT2D eigenvalue weighted by molar-refractivity contribution is 0.444. The van der Waals surface area contributed by atoms with Crippen molar-refractivity contribution in [1.29, 1.82) is 5.26 Å². The quantitative estimate of drug-likeness (QED) is 0.814. The lowest BCUT2D eigenvalue weighted by Crippen LogP contribution is -2.38. The molecule has 0 atom stereocenters. The average molecular weight is 283 g/mol. The summed E-state index contributed by atoms with van der Waals surface area (Å²) < 4.78 is 26.2. The largest absolute Gasteiger partial charge is 0.398 e. The van der Waals surface area contributed by atoms with Crippen LogP contribution in [0.4, 0.5) is 5.69 Å². The van der Waals surface area contributed by atoms with Gasteiger partial charge in [-0.2, -0.15) is 21.3 Å². The number of nitriles is 1. The first-order chi connectivity index (χ1) is 8.55. The zero-order valence-corrected chi connectivity index (χ0v) is 11.3. The number of hydrogen-bond acceptors (Lipinski definition) is 5. The molecule has 1 aromatic rings. The number of benzene rings is 1. The molecular weight excluding hydrogens is 270 g/mol. The van der Waals surface area contributed by atoms with Gasteiger partial charge in [0, 0.05) is 24.6 Å². The van der Waals surface area contributed by atoms with E-state index >= 15 is 0 Å². The van der Waals surface area contributed by atoms with E-state index in [1.807, 2.05) is 6.07 Å². The summed E-state index contributed by atoms with van der Waals surface area (Å²) >= 11 is 1.74. The van der Waals surface area contributed by atoms with Gasteiger partial charge in [-0.05, 0) is 18.2 Å². The Morgan fingerprint density at radius 2 is 2.00 bits per heavy atom. The fraction of sp³-hybridized carbons (Fsp3) is 0.364. The summed E-state index contributed by atoms with van der Waals surface area (Å²) in [5.74, 6) is 1.60. The molecule has 1 aliphatic rings. The van der Waals surface area contributed by atoms with E-state index in [0.29, 0.717) is 18.7 Å². The van der Waals surface area contributed by atoms with Gasteiger partial charge in [0.15, 0.2) is 0 Å². The first kappa shape index (κ1) is 13.2. The van der Waals surface area contributed by atoms with Crippen molar-refractivity contribution in [2.24, 2.45) is 0 Å². The van der Waals surface area contributed by atoms with Gasteiger partial charge < -0.3 is 5.73 Å². The number of nitrogens with two attached hydrogens (primary N) is 1. The van der Waals surface area contributed by atoms with E-state index in [-0.39, 0.29) is 10.6 Å². The molecule has 0 unspecified atom stereocenters. The molecule has 0 spiro atoms. The van der Waals surface area contributed by atoms with Crippen LogP contribution in [-0.2, 0) is 10.0 Å². The van der Waals surface area contributed by atoms with Crippen LogP contribution in [0.15, 0.2) is 23.1 Å². The smallest absolute Gasteiger partial charge is 0.245 e. The van der Waals surface area contributed by atoms with Crippen LogP contribution in [-0.4, -0.2) is 37.3 Å². The van der Waals surface area contributed by atoms with Crippen molar-refractivity contribution < 1.29 is 8.42 Å². The SMILES string of the molecule is N#Cc1ccc(S(=O)(=O)N2CCSCC2)c(N)c1. The highest BCUT2D eigenvalue weighted by atomic mass is 32.2. The molecule has 1 aliphatic heterocycles. The molecular formula is C11H13N3O2S2. The summed E-state index contributed by atoms with van der Waals surface area (Å²) in [6, 6.07) is 6.21. The van der Waals surface area contributed by atoms with E-state index in [1.54, 1.807) is 11.8 Å². The van der Waals surface area contributed by atoms with E-state index in [1.165, 1.54) is 22.5 Å². The molecule has 2 N–H and O–H groups in total. The number of anilines is 1. The average Bonchev–Trinajstić information content (AvgIpc) is 2.39. The third kappa shape index (κ3) is 2.46. The van der Waals surface area contributed by atoms with Gasteiger partial charge >= 0.3 is 0 Å². The van der Waals surface area contributed by atoms with Crippen molar-refractivity contribution in [1.82, 2.24) is 4.31 Å². The summed E-state index contributed by atoms with van der Waals surface area (Å²) in [5.41, 5.74) is 6.22. The zero-order chi connectivity index (χ0) is 13.2. The summed E-state index contributed by atoms with van der Waals surface area (Å²) in [5, 5.41) is 8.74. The van der Waals surface area contributed by atoms with Gasteiger partial charge in [0.25, 0.3) is 0 Å². The highest BCUT2D eigenvalue weighted by Crippen LogP contribution is 2.25. The van der Waals surface area contributed by atoms with Crippen LogP contribution in [0.2, 0.25) is 0 Å². The molecule has 2 rings (SSSR count). The number of rotatable bonds is 2. The lowest BCUT2D eigenvalue weighted by atomic mass is 10.2. The Balaban J connectivity index is 2.38. The lowest BCUT2D eigenvalue weighted by Gasteiger charge is -2.26. The molecule has 0 aliphatic carbocycles. The Bertz CT molecular complexity index is 587. The number of thioether (sulfide) groups is 1. The van der Waals surface area contributed by atoms with Gasteiger partial charge in [0.2, 0.25) is 10.0 Å². The monoisotopic (exact) mass is 283 g/mol. The van der Waals surface area contributed by atoms with Gasteiger partial charge in [-0.1, -0.05) is 0 Å². The topological polar surface area (TPSA) is 87.2 Å². The van der Waals surface area contributed by atoms with E-state index < -0.39 is 10.0 Å². The van der Waals surface area contributed by atoms with Crippen molar-refractivity contribution in [2.45, 2.75) is 4.90 Å². The maximum atomic E-state index is 12.4. The van der Waals surface area contributed by atoms with E-state index in [9.17, 15) is 8.42 Å². The highest BCUT2D eigenvalue weighted by Gasteiger charge is 2.27. The standard InChI is InChI=1S/C11H13N3O2S2/c12-8-9-1-2-11(10(13)7-9)18(15,16)14-3-5-17-6-4-14/h1-2,7H,3-6,13H2. The second-order valence-electron chi connectivity index (χ2n) is 3.88. The fourth-order valence-corrected chi connectivity index (χ4v) is 4.45. The van der Waals surface area contributed by atoms with Crippen LogP contribution < -0.4 is 5.73 Å². The molecule has 1 aromatic carbocycles. The molecule has 18 heavy (non-hydrogen) atoms. The number of hydrogen-bond donors (Lipinski definition) is 1. The maximum Gasteiger partial charge on any atom is 0.245 e. The van der Waals surface area contributed by atoms with Gasteiger partial charge in [0.05, 0.1) is 17.3 Å². The Hall–Kier alpha value is -1.23. The molecule has 5 nitrogen and oxygen atoms in total. The summed E-state index contributed by atoms with van der Waals surface area (Å²) in [4.78, 5) is 0.0911. The predicted molar refractivity (Wildman–Crippen MR) is 71.7 cm³/mol. The number of nitrogen functional groups attached to an aromatic ring is 1. The van der Waals surface area contributed by atoms with Crippen LogP contribution in [0, 0.1) is 11.3 Å². The number of sulfonamides is 1. The normalized spacial score (nSPS) is 17.3. The van der Waals surface area contributed by atoms with Gasteiger partial charge in [-0.15, -0.1) is 0 Å². The molecule has 0 bridgehead atoms. The van der Waals surface area contributed by atoms with Gasteiger partial charge in [-0.3, -0.25) is 0 Å². The van der Waals surface area contributed by atoms with Crippen molar-refractivity contribution in [3.8, 4) is 6.07 Å². The first-order valence-corrected chi connectivity index (χ1v) is 8.02. The molecule has 0 amide bonds. The minimum absolute atomic E-state index is 0.0911. The van der Waals surface area contributed by atoms with Crippen molar-refractivity contribution in [2.75, 3.05) is 30.3 Å². The van der Waals surface area contributed by atoms with E-state index in [0.717, 1.165) is 11.5 Å². The number of nitrogens with zero attached hydrogens (tertiary/aromatic N) is 2. The second kappa shape index (κ2) is 5.18. The predicted octanol–water partition coefficient (Wildman–Crippen LogP) is 0.878. The van der Waals surface area contributed by atoms with Crippen LogP contribution in [0.5, 0.6) is 0 Å². The van der Waals surface area contributed by atoms with Crippen molar-refractivity contribution in [3.63, 3.8) is 0 Å². The van der Waals surface area contributed by atoms with Gasteiger partial charge in [0.1, 0.15) is 4.90 Å². The van der Waals surface area contributed by atoms with Gasteiger partial charge in [-0.25, -0.2) is 8.42 Å². The maximum absolute atomic E-state index is 12.4. The molecule has 96 valence electrons. The van der Waals surface area contributed by atoms with Crippen LogP contribution in [0.25, 0.3) is 0 Å². The Morgan fingerprint density at radius 3 is 2.56 bits per heavy atom. The Labute approximate surface area is 111 Å². The first-order valence-electron chi connectivity index (χ1n) is 5.43. The van der Waals surface area contributed by atoms with E-state index in [4.69, 9.17) is 11.0 Å². The fourth-order valence-electron chi connectivity index (χ4n) is 1.78. The molecule has 0 radical (unpaired) electrons. The minimum Gasteiger partial charge on any atom is -0.398 e. The molecule has 7 heteroatoms. The van der Waals surface area contributed by atoms with Crippen molar-refractivity contribution in [3.05, 3.63) is 23.8 Å². The Kier molecular flexibility index (Phi) is 3.80. The molecule has 1 heterocycles. The Morgan fingerprint density at radius 1 is 1.33 bits per heavy atom. The highest BCUT2D eigenvalue weighted by molar-refractivity contribution is 7.99. The third-order valence-electron chi connectivity index (χ3n) is 2.73. The summed E-state index contributed by atoms with van der Waals surface area (Å²) in [6.45, 7) is 1.01. The minimum atomic E-state index is -3.53. The summed E-state index contributed by atoms with van der Waals surface area (Å²) in [6.07, 6.45) is 0. The molecule has 1 fully saturated rings. The molecule has 0 aromatic heterocycles. The summed E-state index contributed by atoms with van der Waals surface area (Å²) in [7, 11) is -3.53. The second-order valence-corrected chi connectivity index (χ2v) is 7.01. The zero-order valence-electron chi connectivity index (χ0n) is 9.67. The van der Waals surface area contributed by atoms with Crippen LogP contribution in [0.3, 0.4) is 0 Å².